The number of rotatable bonds is 9. The molecule has 188 valence electrons. The zero-order valence-corrected chi connectivity index (χ0v) is 19.9. The molecule has 10 nitrogen and oxygen atoms in total. The number of nitrogens with zero attached hydrogens (tertiary/aromatic N) is 2. The van der Waals surface area contributed by atoms with Gasteiger partial charge in [-0.15, -0.1) is 0 Å². The molecule has 36 heavy (non-hydrogen) atoms. The van der Waals surface area contributed by atoms with Crippen LogP contribution >= 0.6 is 0 Å². The monoisotopic (exact) mass is 492 g/mol. The zero-order valence-electron chi connectivity index (χ0n) is 19.9. The molecule has 10 heteroatoms. The van der Waals surface area contributed by atoms with Crippen LogP contribution in [-0.2, 0) is 4.79 Å². The lowest BCUT2D eigenvalue weighted by atomic mass is 9.87. The van der Waals surface area contributed by atoms with E-state index in [1.807, 2.05) is 0 Å². The summed E-state index contributed by atoms with van der Waals surface area (Å²) in [4.78, 5) is 40.0. The summed E-state index contributed by atoms with van der Waals surface area (Å²) in [7, 11) is 0. The molecule has 4 rings (SSSR count). The minimum Gasteiger partial charge on any atom is -0.490 e. The van der Waals surface area contributed by atoms with Crippen molar-refractivity contribution in [3.05, 3.63) is 65.5 Å². The molecule has 0 atom stereocenters. The van der Waals surface area contributed by atoms with Crippen LogP contribution in [0.2, 0.25) is 0 Å². The summed E-state index contributed by atoms with van der Waals surface area (Å²) in [5.41, 5.74) is 1.71. The van der Waals surface area contributed by atoms with E-state index in [2.05, 4.69) is 20.8 Å². The van der Waals surface area contributed by atoms with Crippen molar-refractivity contribution in [1.82, 2.24) is 20.8 Å². The molecule has 1 aliphatic carbocycles. The molecular weight excluding hydrogens is 464 g/mol. The van der Waals surface area contributed by atoms with Crippen LogP contribution < -0.4 is 15.4 Å². The van der Waals surface area contributed by atoms with Gasteiger partial charge in [0.1, 0.15) is 5.75 Å². The van der Waals surface area contributed by atoms with Crippen LogP contribution in [-0.4, -0.2) is 52.2 Å². The maximum absolute atomic E-state index is 12.4. The van der Waals surface area contributed by atoms with Crippen LogP contribution in [0.15, 0.2) is 53.1 Å². The molecule has 3 aromatic rings. The number of hydrogen-bond acceptors (Lipinski definition) is 7. The summed E-state index contributed by atoms with van der Waals surface area (Å²) >= 11 is 0. The Labute approximate surface area is 208 Å². The van der Waals surface area contributed by atoms with Gasteiger partial charge in [-0.1, -0.05) is 17.3 Å². The summed E-state index contributed by atoms with van der Waals surface area (Å²) < 4.78 is 10.9. The first-order chi connectivity index (χ1) is 17.4. The van der Waals surface area contributed by atoms with Crippen molar-refractivity contribution in [2.24, 2.45) is 5.92 Å². The number of aryl methyl sites for hydroxylation is 1. The third-order valence-corrected chi connectivity index (χ3v) is 6.07. The quantitative estimate of drug-likeness (QED) is 0.386. The molecule has 2 aromatic carbocycles. The first kappa shape index (κ1) is 24.9. The van der Waals surface area contributed by atoms with Crippen molar-refractivity contribution in [1.29, 1.82) is 0 Å². The van der Waals surface area contributed by atoms with Gasteiger partial charge in [-0.05, 0) is 62.1 Å². The second-order valence-corrected chi connectivity index (χ2v) is 8.68. The lowest BCUT2D eigenvalue weighted by Gasteiger charge is -2.26. The summed E-state index contributed by atoms with van der Waals surface area (Å²) in [6.07, 6.45) is 2.62. The van der Waals surface area contributed by atoms with Gasteiger partial charge in [-0.25, -0.2) is 0 Å². The number of hydrogen-bond donors (Lipinski definition) is 3. The van der Waals surface area contributed by atoms with Crippen LogP contribution in [0.5, 0.6) is 5.75 Å². The van der Waals surface area contributed by atoms with Gasteiger partial charge < -0.3 is 25.0 Å². The predicted octanol–water partition coefficient (Wildman–Crippen LogP) is 3.23. The SMILES string of the molecule is Cc1nc(-c2ccc(C(=O)NCCNC(=O)c3ccc(O[C@H]4CC[C@@H](C(=O)O)CC4)cc3)cc2)no1. The number of ether oxygens (including phenoxy) is 1. The van der Waals surface area contributed by atoms with E-state index in [1.54, 1.807) is 55.5 Å². The number of amides is 2. The number of carbonyl (C=O) groups excluding carboxylic acids is 2. The van der Waals surface area contributed by atoms with E-state index in [0.29, 0.717) is 54.3 Å². The molecule has 0 bridgehead atoms. The number of carboxylic acid groups (broad SMARTS) is 1. The van der Waals surface area contributed by atoms with E-state index in [-0.39, 0.29) is 36.9 Å². The van der Waals surface area contributed by atoms with Crippen LogP contribution in [0.25, 0.3) is 11.4 Å². The van der Waals surface area contributed by atoms with Crippen molar-refractivity contribution in [3.63, 3.8) is 0 Å². The average Bonchev–Trinajstić information content (AvgIpc) is 3.33. The largest absolute Gasteiger partial charge is 0.490 e. The van der Waals surface area contributed by atoms with Crippen molar-refractivity contribution in [2.45, 2.75) is 38.7 Å². The van der Waals surface area contributed by atoms with Gasteiger partial charge in [-0.3, -0.25) is 14.4 Å². The first-order valence-electron chi connectivity index (χ1n) is 11.9. The van der Waals surface area contributed by atoms with Crippen molar-refractivity contribution in [2.75, 3.05) is 13.1 Å². The molecule has 0 radical (unpaired) electrons. The molecule has 1 fully saturated rings. The molecule has 1 aromatic heterocycles. The number of benzene rings is 2. The predicted molar refractivity (Wildman–Crippen MR) is 130 cm³/mol. The highest BCUT2D eigenvalue weighted by atomic mass is 16.5. The van der Waals surface area contributed by atoms with E-state index in [1.165, 1.54) is 0 Å². The topological polar surface area (TPSA) is 144 Å². The lowest BCUT2D eigenvalue weighted by Crippen LogP contribution is -2.34. The molecule has 2 amide bonds. The van der Waals surface area contributed by atoms with E-state index in [4.69, 9.17) is 14.4 Å². The molecule has 0 unspecified atom stereocenters. The Hall–Kier alpha value is -4.21. The average molecular weight is 493 g/mol. The molecule has 1 saturated carbocycles. The summed E-state index contributed by atoms with van der Waals surface area (Å²) in [6, 6.07) is 13.7. The minimum absolute atomic E-state index is 0.0109. The van der Waals surface area contributed by atoms with Crippen LogP contribution in [0.1, 0.15) is 52.3 Å². The standard InChI is InChI=1S/C26H28N4O6/c1-16-29-23(30-36-16)17-2-4-18(5-3-17)24(31)27-14-15-28-25(32)19-6-10-21(11-7-19)35-22-12-8-20(9-13-22)26(33)34/h2-7,10-11,20,22H,8-9,12-15H2,1H3,(H,27,31)(H,28,32)(H,33,34)/t20-,22+. The molecule has 3 N–H and O–H groups in total. The van der Waals surface area contributed by atoms with Gasteiger partial charge in [0.2, 0.25) is 11.7 Å². The number of aromatic nitrogens is 2. The Morgan fingerprint density at radius 2 is 1.47 bits per heavy atom. The van der Waals surface area contributed by atoms with Gasteiger partial charge in [0, 0.05) is 36.7 Å². The smallest absolute Gasteiger partial charge is 0.306 e. The maximum atomic E-state index is 12.4. The zero-order chi connectivity index (χ0) is 25.5. The number of carboxylic acids is 1. The van der Waals surface area contributed by atoms with Crippen molar-refractivity contribution < 1.29 is 28.8 Å². The fourth-order valence-electron chi connectivity index (χ4n) is 4.05. The van der Waals surface area contributed by atoms with E-state index in [0.717, 1.165) is 5.56 Å². The lowest BCUT2D eigenvalue weighted by molar-refractivity contribution is -0.143. The second-order valence-electron chi connectivity index (χ2n) is 8.68. The Balaban J connectivity index is 1.17. The summed E-state index contributed by atoms with van der Waals surface area (Å²) in [6.45, 7) is 2.26. The number of nitrogens with one attached hydrogen (secondary N) is 2. The molecule has 1 aliphatic rings. The molecular formula is C26H28N4O6. The maximum Gasteiger partial charge on any atom is 0.306 e. The number of aliphatic carboxylic acids is 1. The summed E-state index contributed by atoms with van der Waals surface area (Å²) in [5, 5.41) is 18.5. The third-order valence-electron chi connectivity index (χ3n) is 6.07. The van der Waals surface area contributed by atoms with Gasteiger partial charge >= 0.3 is 5.97 Å². The van der Waals surface area contributed by atoms with E-state index in [9.17, 15) is 14.4 Å². The fraction of sp³-hybridized carbons (Fsp3) is 0.346. The Morgan fingerprint density at radius 3 is 1.97 bits per heavy atom. The molecule has 0 spiro atoms. The molecule has 0 aliphatic heterocycles. The van der Waals surface area contributed by atoms with E-state index < -0.39 is 5.97 Å². The molecule has 0 saturated heterocycles. The second kappa shape index (κ2) is 11.5. The van der Waals surface area contributed by atoms with Gasteiger partial charge in [0.05, 0.1) is 12.0 Å². The van der Waals surface area contributed by atoms with E-state index >= 15 is 0 Å². The number of carbonyl (C=O) groups is 3. The molecule has 1 heterocycles. The Kier molecular flexibility index (Phi) is 7.94. The highest BCUT2D eigenvalue weighted by molar-refractivity contribution is 5.95. The van der Waals surface area contributed by atoms with Gasteiger partial charge in [0.15, 0.2) is 0 Å². The minimum atomic E-state index is -0.742. The summed E-state index contributed by atoms with van der Waals surface area (Å²) in [5.74, 6) is 0.0523. The van der Waals surface area contributed by atoms with Gasteiger partial charge in [-0.2, -0.15) is 4.98 Å². The third kappa shape index (κ3) is 6.47. The highest BCUT2D eigenvalue weighted by Crippen LogP contribution is 2.28. The Bertz CT molecular complexity index is 1200. The fourth-order valence-corrected chi connectivity index (χ4v) is 4.05. The normalized spacial score (nSPS) is 17.2. The van der Waals surface area contributed by atoms with Crippen molar-refractivity contribution in [3.8, 4) is 17.1 Å². The van der Waals surface area contributed by atoms with Crippen LogP contribution in [0.4, 0.5) is 0 Å². The highest BCUT2D eigenvalue weighted by Gasteiger charge is 2.26. The van der Waals surface area contributed by atoms with Crippen LogP contribution in [0.3, 0.4) is 0 Å². The first-order valence-corrected chi connectivity index (χ1v) is 11.9. The Morgan fingerprint density at radius 1 is 0.917 bits per heavy atom. The van der Waals surface area contributed by atoms with Crippen molar-refractivity contribution >= 4 is 17.8 Å². The van der Waals surface area contributed by atoms with Crippen LogP contribution in [0, 0.1) is 12.8 Å². The van der Waals surface area contributed by atoms with Gasteiger partial charge in [0.25, 0.3) is 11.8 Å².